The first-order valence-electron chi connectivity index (χ1n) is 11.3. The first kappa shape index (κ1) is 24.4. The number of rotatable bonds is 9. The van der Waals surface area contributed by atoms with Crippen LogP contribution in [0, 0.1) is 0 Å². The highest BCUT2D eigenvalue weighted by molar-refractivity contribution is 6.06. The molecule has 1 aliphatic rings. The Kier molecular flexibility index (Phi) is 8.14. The topological polar surface area (TPSA) is 108 Å². The number of nitrogens with zero attached hydrogens (tertiary/aromatic N) is 2. The van der Waals surface area contributed by atoms with Crippen molar-refractivity contribution in [2.45, 2.75) is 46.3 Å². The molecule has 3 rings (SSSR count). The highest BCUT2D eigenvalue weighted by Crippen LogP contribution is 2.30. The number of hydrogen-bond acceptors (Lipinski definition) is 6. The number of ketones is 1. The van der Waals surface area contributed by atoms with E-state index in [0.29, 0.717) is 34.8 Å². The van der Waals surface area contributed by atoms with Crippen LogP contribution in [0.2, 0.25) is 0 Å². The van der Waals surface area contributed by atoms with Crippen molar-refractivity contribution in [2.75, 3.05) is 18.4 Å². The third kappa shape index (κ3) is 6.15. The van der Waals surface area contributed by atoms with Crippen molar-refractivity contribution in [3.8, 4) is 0 Å². The first-order valence-corrected chi connectivity index (χ1v) is 11.3. The number of benzene rings is 2. The summed E-state index contributed by atoms with van der Waals surface area (Å²) in [5.74, 6) is 0.0127. The number of nitrogens with two attached hydrogens (primary N) is 1. The van der Waals surface area contributed by atoms with Gasteiger partial charge in [0.15, 0.2) is 5.78 Å². The SMILES string of the molecule is CCCN(CCC)C(O)C1=Cc2ccc(C(=O)Nc3cccc(C(C)=O)c3)cc2N=C(N)C1. The molecule has 0 aliphatic carbocycles. The third-order valence-corrected chi connectivity index (χ3v) is 5.51. The quantitative estimate of drug-likeness (QED) is 0.390. The predicted octanol–water partition coefficient (Wildman–Crippen LogP) is 4.36. The van der Waals surface area contributed by atoms with Gasteiger partial charge >= 0.3 is 0 Å². The van der Waals surface area contributed by atoms with Gasteiger partial charge in [-0.25, -0.2) is 4.99 Å². The molecule has 4 N–H and O–H groups in total. The van der Waals surface area contributed by atoms with E-state index in [-0.39, 0.29) is 11.7 Å². The van der Waals surface area contributed by atoms with Gasteiger partial charge in [0.25, 0.3) is 5.91 Å². The van der Waals surface area contributed by atoms with Crippen molar-refractivity contribution in [1.82, 2.24) is 4.90 Å². The summed E-state index contributed by atoms with van der Waals surface area (Å²) in [4.78, 5) is 31.0. The third-order valence-electron chi connectivity index (χ3n) is 5.51. The van der Waals surface area contributed by atoms with Crippen molar-refractivity contribution in [2.24, 2.45) is 10.7 Å². The summed E-state index contributed by atoms with van der Waals surface area (Å²) in [6, 6.07) is 12.0. The van der Waals surface area contributed by atoms with Crippen LogP contribution in [0.4, 0.5) is 11.4 Å². The van der Waals surface area contributed by atoms with Gasteiger partial charge in [-0.05, 0) is 55.7 Å². The van der Waals surface area contributed by atoms with Crippen LogP contribution in [-0.4, -0.2) is 46.8 Å². The van der Waals surface area contributed by atoms with Crippen molar-refractivity contribution >= 4 is 35.0 Å². The second kappa shape index (κ2) is 11.0. The Morgan fingerprint density at radius 3 is 2.52 bits per heavy atom. The lowest BCUT2D eigenvalue weighted by atomic mass is 10.0. The molecular weight excluding hydrogens is 416 g/mol. The van der Waals surface area contributed by atoms with Crippen LogP contribution in [-0.2, 0) is 0 Å². The van der Waals surface area contributed by atoms with Crippen LogP contribution in [0.15, 0.2) is 53.0 Å². The molecule has 174 valence electrons. The Bertz CT molecular complexity index is 1080. The standard InChI is InChI=1S/C26H32N4O3/c1-4-11-30(12-5-2)26(33)21-13-19-9-10-20(15-23(19)29-24(27)16-21)25(32)28-22-8-6-7-18(14-22)17(3)31/h6-10,13-15,26,33H,4-5,11-12,16H2,1-3H3,(H2,27,29)(H,28,32). The molecule has 0 saturated heterocycles. The Morgan fingerprint density at radius 1 is 1.12 bits per heavy atom. The first-order chi connectivity index (χ1) is 15.8. The molecule has 0 radical (unpaired) electrons. The molecule has 0 spiro atoms. The fourth-order valence-electron chi connectivity index (χ4n) is 3.91. The highest BCUT2D eigenvalue weighted by atomic mass is 16.3. The Labute approximate surface area is 195 Å². The summed E-state index contributed by atoms with van der Waals surface area (Å²) in [7, 11) is 0. The van der Waals surface area contributed by atoms with E-state index in [1.165, 1.54) is 6.92 Å². The minimum Gasteiger partial charge on any atom is -0.387 e. The van der Waals surface area contributed by atoms with Crippen LogP contribution in [0.3, 0.4) is 0 Å². The maximum atomic E-state index is 12.8. The second-order valence-electron chi connectivity index (χ2n) is 8.27. The predicted molar refractivity (Wildman–Crippen MR) is 133 cm³/mol. The molecule has 0 saturated carbocycles. The van der Waals surface area contributed by atoms with Gasteiger partial charge < -0.3 is 16.2 Å². The molecule has 1 atom stereocenters. The van der Waals surface area contributed by atoms with Crippen molar-refractivity contribution in [3.63, 3.8) is 0 Å². The number of fused-ring (bicyclic) bond motifs is 1. The fourth-order valence-corrected chi connectivity index (χ4v) is 3.91. The van der Waals surface area contributed by atoms with E-state index in [1.807, 2.05) is 17.0 Å². The lowest BCUT2D eigenvalue weighted by molar-refractivity contribution is 0.0323. The fraction of sp³-hybridized carbons (Fsp3) is 0.346. The van der Waals surface area contributed by atoms with E-state index in [1.54, 1.807) is 36.4 Å². The average Bonchev–Trinajstić information content (AvgIpc) is 2.95. The molecule has 1 unspecified atom stereocenters. The van der Waals surface area contributed by atoms with E-state index < -0.39 is 6.23 Å². The number of carbonyl (C=O) groups is 2. The minimum absolute atomic E-state index is 0.0674. The van der Waals surface area contributed by atoms with Crippen LogP contribution in [0.5, 0.6) is 0 Å². The molecule has 2 aromatic rings. The van der Waals surface area contributed by atoms with Crippen molar-refractivity contribution in [1.29, 1.82) is 0 Å². The van der Waals surface area contributed by atoms with E-state index in [0.717, 1.165) is 37.1 Å². The molecule has 0 bridgehead atoms. The maximum absolute atomic E-state index is 12.8. The molecule has 33 heavy (non-hydrogen) atoms. The van der Waals surface area contributed by atoms with Gasteiger partial charge in [-0.15, -0.1) is 0 Å². The number of amidine groups is 1. The van der Waals surface area contributed by atoms with Gasteiger partial charge in [-0.3, -0.25) is 14.5 Å². The average molecular weight is 449 g/mol. The molecule has 1 aliphatic heterocycles. The van der Waals surface area contributed by atoms with Gasteiger partial charge in [-0.2, -0.15) is 0 Å². The second-order valence-corrected chi connectivity index (χ2v) is 8.27. The number of aliphatic hydroxyl groups excluding tert-OH is 1. The van der Waals surface area contributed by atoms with Crippen LogP contribution < -0.4 is 11.1 Å². The monoisotopic (exact) mass is 448 g/mol. The zero-order valence-electron chi connectivity index (χ0n) is 19.5. The largest absolute Gasteiger partial charge is 0.387 e. The number of hydrogen-bond donors (Lipinski definition) is 3. The van der Waals surface area contributed by atoms with Gasteiger partial charge in [0.2, 0.25) is 0 Å². The highest BCUT2D eigenvalue weighted by Gasteiger charge is 2.22. The Balaban J connectivity index is 1.86. The smallest absolute Gasteiger partial charge is 0.255 e. The molecule has 0 aromatic heterocycles. The van der Waals surface area contributed by atoms with Crippen LogP contribution in [0.25, 0.3) is 6.08 Å². The van der Waals surface area contributed by atoms with Crippen LogP contribution >= 0.6 is 0 Å². The molecule has 1 amide bonds. The summed E-state index contributed by atoms with van der Waals surface area (Å²) in [5.41, 5.74) is 9.84. The Morgan fingerprint density at radius 2 is 1.85 bits per heavy atom. The number of Topliss-reactive ketones (excluding diaryl/α,β-unsaturated/α-hetero) is 1. The van der Waals surface area contributed by atoms with Crippen LogP contribution in [0.1, 0.15) is 66.3 Å². The zero-order valence-corrected chi connectivity index (χ0v) is 19.5. The summed E-state index contributed by atoms with van der Waals surface area (Å²) in [6.45, 7) is 7.24. The molecule has 2 aromatic carbocycles. The van der Waals surface area contributed by atoms with E-state index in [2.05, 4.69) is 24.2 Å². The number of anilines is 1. The minimum atomic E-state index is -0.735. The van der Waals surface area contributed by atoms with E-state index in [9.17, 15) is 14.7 Å². The normalized spacial score (nSPS) is 14.1. The molecule has 7 nitrogen and oxygen atoms in total. The number of carbonyl (C=O) groups excluding carboxylic acids is 2. The summed E-state index contributed by atoms with van der Waals surface area (Å²) >= 11 is 0. The molecule has 0 fully saturated rings. The number of aliphatic imine (C=N–C) groups is 1. The van der Waals surface area contributed by atoms with E-state index in [4.69, 9.17) is 5.73 Å². The lowest BCUT2D eigenvalue weighted by Crippen LogP contribution is -2.38. The molecule has 1 heterocycles. The van der Waals surface area contributed by atoms with Gasteiger partial charge in [0.05, 0.1) is 5.69 Å². The summed E-state index contributed by atoms with van der Waals surface area (Å²) in [5, 5.41) is 13.8. The molecular formula is C26H32N4O3. The maximum Gasteiger partial charge on any atom is 0.255 e. The number of aliphatic hydroxyl groups is 1. The lowest BCUT2D eigenvalue weighted by Gasteiger charge is -2.28. The van der Waals surface area contributed by atoms with Gasteiger partial charge in [0.1, 0.15) is 12.1 Å². The molecule has 7 heteroatoms. The number of amides is 1. The zero-order chi connectivity index (χ0) is 24.0. The van der Waals surface area contributed by atoms with E-state index >= 15 is 0 Å². The summed E-state index contributed by atoms with van der Waals surface area (Å²) in [6.07, 6.45) is 3.43. The van der Waals surface area contributed by atoms with Crippen molar-refractivity contribution in [3.05, 3.63) is 64.7 Å². The van der Waals surface area contributed by atoms with Crippen molar-refractivity contribution < 1.29 is 14.7 Å². The summed E-state index contributed by atoms with van der Waals surface area (Å²) < 4.78 is 0. The van der Waals surface area contributed by atoms with Gasteiger partial charge in [-0.1, -0.05) is 32.0 Å². The number of nitrogens with one attached hydrogen (secondary N) is 1. The van der Waals surface area contributed by atoms with Gasteiger partial charge in [0, 0.05) is 41.9 Å². The Hall–Kier alpha value is -3.29.